The number of carbonyl (C=O) groups is 2. The first kappa shape index (κ1) is 51.6. The fourth-order valence-corrected chi connectivity index (χ4v) is 6.43. The van der Waals surface area contributed by atoms with Crippen LogP contribution in [-0.2, 0) is 37.4 Å². The van der Waals surface area contributed by atoms with Gasteiger partial charge in [-0.1, -0.05) is 126 Å². The first-order chi connectivity index (χ1) is 27.2. The number of aliphatic hydroxyl groups excluding tert-OH is 2. The SMILES string of the molecule is CCCCC/C=C\C/C=C\CCCCCCCC(=O)OC[C@H](COP(=O)(O)OC[C@@H](O)CO)OC(=O)CCC/C=C\C/C=C\C/C=C\CC1OC1CCCCC. The lowest BCUT2D eigenvalue weighted by Gasteiger charge is -2.20. The summed E-state index contributed by atoms with van der Waals surface area (Å²) in [5.74, 6) is -1.02. The average Bonchev–Trinajstić information content (AvgIpc) is 3.94. The lowest BCUT2D eigenvalue weighted by atomic mass is 10.1. The van der Waals surface area contributed by atoms with Gasteiger partial charge in [0.1, 0.15) is 12.7 Å². The van der Waals surface area contributed by atoms with Crippen LogP contribution in [0.15, 0.2) is 60.8 Å². The van der Waals surface area contributed by atoms with Gasteiger partial charge in [0.2, 0.25) is 0 Å². The Labute approximate surface area is 338 Å². The number of hydrogen-bond acceptors (Lipinski definition) is 10. The van der Waals surface area contributed by atoms with Gasteiger partial charge >= 0.3 is 19.8 Å². The van der Waals surface area contributed by atoms with Gasteiger partial charge in [0.25, 0.3) is 0 Å². The zero-order valence-electron chi connectivity index (χ0n) is 34.5. The van der Waals surface area contributed by atoms with Crippen molar-refractivity contribution in [1.29, 1.82) is 0 Å². The lowest BCUT2D eigenvalue weighted by molar-refractivity contribution is -0.161. The number of epoxide rings is 1. The van der Waals surface area contributed by atoms with Gasteiger partial charge in [0.15, 0.2) is 6.10 Å². The summed E-state index contributed by atoms with van der Waals surface area (Å²) in [7, 11) is -4.64. The van der Waals surface area contributed by atoms with Crippen molar-refractivity contribution in [3.63, 3.8) is 0 Å². The number of aliphatic hydroxyl groups is 2. The summed E-state index contributed by atoms with van der Waals surface area (Å²) < 4.78 is 38.3. The Morgan fingerprint density at radius 1 is 0.643 bits per heavy atom. The number of carbonyl (C=O) groups excluding carboxylic acids is 2. The van der Waals surface area contributed by atoms with Gasteiger partial charge in [0.05, 0.1) is 32.0 Å². The molecule has 0 bridgehead atoms. The van der Waals surface area contributed by atoms with Crippen molar-refractivity contribution in [2.24, 2.45) is 0 Å². The molecule has 0 spiro atoms. The summed E-state index contributed by atoms with van der Waals surface area (Å²) in [6.07, 6.45) is 40.8. The van der Waals surface area contributed by atoms with E-state index in [1.165, 1.54) is 44.9 Å². The van der Waals surface area contributed by atoms with Crippen LogP contribution >= 0.6 is 7.82 Å². The highest BCUT2D eigenvalue weighted by Crippen LogP contribution is 2.43. The Balaban J connectivity index is 2.31. The van der Waals surface area contributed by atoms with Crippen LogP contribution in [0.4, 0.5) is 0 Å². The molecule has 0 saturated carbocycles. The Morgan fingerprint density at radius 2 is 1.18 bits per heavy atom. The molecule has 1 heterocycles. The molecule has 0 aliphatic carbocycles. The van der Waals surface area contributed by atoms with E-state index >= 15 is 0 Å². The van der Waals surface area contributed by atoms with Gasteiger partial charge in [-0.15, -0.1) is 0 Å². The predicted octanol–water partition coefficient (Wildman–Crippen LogP) is 10.1. The smallest absolute Gasteiger partial charge is 0.462 e. The molecular weight excluding hydrogens is 735 g/mol. The molecule has 3 N–H and O–H groups in total. The fraction of sp³-hybridized carbons (Fsp3) is 0.727. The van der Waals surface area contributed by atoms with Gasteiger partial charge < -0.3 is 29.3 Å². The topological polar surface area (TPSA) is 161 Å². The van der Waals surface area contributed by atoms with E-state index in [2.05, 4.69) is 67.0 Å². The third-order valence-corrected chi connectivity index (χ3v) is 10.0. The molecule has 1 rings (SSSR count). The zero-order chi connectivity index (χ0) is 41.0. The maximum atomic E-state index is 12.6. The molecule has 1 saturated heterocycles. The Bertz CT molecular complexity index is 1180. The van der Waals surface area contributed by atoms with Crippen molar-refractivity contribution < 1.29 is 52.5 Å². The minimum absolute atomic E-state index is 0.0987. The summed E-state index contributed by atoms with van der Waals surface area (Å²) in [6, 6.07) is 0. The highest BCUT2D eigenvalue weighted by atomic mass is 31.2. The second kappa shape index (κ2) is 35.8. The number of rotatable bonds is 38. The van der Waals surface area contributed by atoms with Gasteiger partial charge in [-0.3, -0.25) is 18.6 Å². The van der Waals surface area contributed by atoms with E-state index in [0.717, 1.165) is 64.2 Å². The van der Waals surface area contributed by atoms with Crippen molar-refractivity contribution in [2.45, 2.75) is 180 Å². The molecule has 1 aliphatic heterocycles. The van der Waals surface area contributed by atoms with E-state index in [0.29, 0.717) is 31.5 Å². The highest BCUT2D eigenvalue weighted by molar-refractivity contribution is 7.47. The molecule has 56 heavy (non-hydrogen) atoms. The van der Waals surface area contributed by atoms with Gasteiger partial charge in [-0.2, -0.15) is 0 Å². The maximum absolute atomic E-state index is 12.6. The quantitative estimate of drug-likeness (QED) is 0.0179. The van der Waals surface area contributed by atoms with Crippen molar-refractivity contribution in [3.05, 3.63) is 60.8 Å². The van der Waals surface area contributed by atoms with Crippen LogP contribution in [-0.4, -0.2) is 77.9 Å². The Morgan fingerprint density at radius 3 is 1.84 bits per heavy atom. The number of allylic oxidation sites excluding steroid dienone is 9. The predicted molar refractivity (Wildman–Crippen MR) is 223 cm³/mol. The van der Waals surface area contributed by atoms with Crippen LogP contribution in [0.25, 0.3) is 0 Å². The first-order valence-electron chi connectivity index (χ1n) is 21.4. The van der Waals surface area contributed by atoms with E-state index in [1.54, 1.807) is 0 Å². The molecule has 3 unspecified atom stereocenters. The molecule has 0 aromatic carbocycles. The number of esters is 2. The molecule has 0 amide bonds. The van der Waals surface area contributed by atoms with E-state index < -0.39 is 51.8 Å². The second-order valence-corrected chi connectivity index (χ2v) is 15.8. The molecular formula is C44H75O11P. The summed E-state index contributed by atoms with van der Waals surface area (Å²) >= 11 is 0. The van der Waals surface area contributed by atoms with E-state index in [4.69, 9.17) is 23.8 Å². The molecule has 12 heteroatoms. The van der Waals surface area contributed by atoms with E-state index in [1.807, 2.05) is 12.2 Å². The standard InChI is InChI=1S/C44H75O11P/c1-3-5-7-8-9-10-11-12-13-14-15-19-22-25-29-33-43(47)51-37-40(38-53-56(49,50)52-36-39(46)35-45)54-44(48)34-30-26-23-20-17-16-18-21-24-28-32-42-41(55-42)31-27-6-4-2/h9-10,12-13,16,18,20,23-24,28,39-42,45-46H,3-8,11,14-15,17,19,21-22,25-27,29-38H2,1-2H3,(H,49,50)/b10-9-,13-12-,18-16-,23-20-,28-24-/t39-,40+,41?,42?/m0/s1. The fourth-order valence-electron chi connectivity index (χ4n) is 5.64. The lowest BCUT2D eigenvalue weighted by Crippen LogP contribution is -2.29. The van der Waals surface area contributed by atoms with E-state index in [-0.39, 0.29) is 19.4 Å². The Hall–Kier alpha value is -2.37. The van der Waals surface area contributed by atoms with Crippen LogP contribution in [0.1, 0.15) is 155 Å². The minimum Gasteiger partial charge on any atom is -0.462 e. The van der Waals surface area contributed by atoms with Gasteiger partial charge in [-0.05, 0) is 77.0 Å². The largest absolute Gasteiger partial charge is 0.472 e. The number of hydrogen-bond donors (Lipinski definition) is 3. The molecule has 1 aliphatic rings. The van der Waals surface area contributed by atoms with Crippen LogP contribution in [0.2, 0.25) is 0 Å². The third-order valence-electron chi connectivity index (χ3n) is 9.07. The van der Waals surface area contributed by atoms with E-state index in [9.17, 15) is 24.2 Å². The summed E-state index contributed by atoms with van der Waals surface area (Å²) in [6.45, 7) is 2.22. The number of ether oxygens (including phenoxy) is 3. The van der Waals surface area contributed by atoms with Crippen LogP contribution in [0.5, 0.6) is 0 Å². The van der Waals surface area contributed by atoms with Crippen molar-refractivity contribution in [2.75, 3.05) is 26.4 Å². The van der Waals surface area contributed by atoms with Crippen molar-refractivity contribution in [3.8, 4) is 0 Å². The zero-order valence-corrected chi connectivity index (χ0v) is 35.4. The number of phosphoric acid groups is 1. The average molecular weight is 811 g/mol. The number of unbranched alkanes of at least 4 members (excludes halogenated alkanes) is 11. The normalized spacial score (nSPS) is 18.1. The third kappa shape index (κ3) is 32.7. The number of phosphoric ester groups is 1. The van der Waals surface area contributed by atoms with Crippen LogP contribution in [0, 0.1) is 0 Å². The monoisotopic (exact) mass is 811 g/mol. The molecule has 322 valence electrons. The summed E-state index contributed by atoms with van der Waals surface area (Å²) in [4.78, 5) is 35.0. The van der Waals surface area contributed by atoms with Crippen molar-refractivity contribution in [1.82, 2.24) is 0 Å². The molecule has 0 aromatic heterocycles. The molecule has 0 aromatic rings. The summed E-state index contributed by atoms with van der Waals surface area (Å²) in [5, 5.41) is 18.3. The van der Waals surface area contributed by atoms with Crippen molar-refractivity contribution >= 4 is 19.8 Å². The summed E-state index contributed by atoms with van der Waals surface area (Å²) in [5.41, 5.74) is 0. The highest BCUT2D eigenvalue weighted by Gasteiger charge is 2.36. The van der Waals surface area contributed by atoms with Crippen LogP contribution < -0.4 is 0 Å². The molecule has 5 atom stereocenters. The minimum atomic E-state index is -4.64. The second-order valence-electron chi connectivity index (χ2n) is 14.4. The Kier molecular flexibility index (Phi) is 33.0. The van der Waals surface area contributed by atoms with Gasteiger partial charge in [-0.25, -0.2) is 4.57 Å². The maximum Gasteiger partial charge on any atom is 0.472 e. The van der Waals surface area contributed by atoms with Gasteiger partial charge in [0, 0.05) is 12.8 Å². The molecule has 11 nitrogen and oxygen atoms in total. The first-order valence-corrected chi connectivity index (χ1v) is 22.9. The molecule has 1 fully saturated rings. The molecule has 0 radical (unpaired) electrons. The van der Waals surface area contributed by atoms with Crippen LogP contribution in [0.3, 0.4) is 0 Å².